The zero-order valence-electron chi connectivity index (χ0n) is 39.5. The summed E-state index contributed by atoms with van der Waals surface area (Å²) in [5.41, 5.74) is 23.7. The molecule has 4 aliphatic heterocycles. The summed E-state index contributed by atoms with van der Waals surface area (Å²) < 4.78 is 21.1. The van der Waals surface area contributed by atoms with Gasteiger partial charge >= 0.3 is 0 Å². The highest BCUT2D eigenvalue weighted by atomic mass is 16.5. The molecule has 4 aromatic heterocycles. The number of anilines is 3. The van der Waals surface area contributed by atoms with Crippen LogP contribution in [0.25, 0.3) is 104 Å². The number of para-hydroxylation sites is 7. The van der Waals surface area contributed by atoms with Crippen molar-refractivity contribution in [3.05, 3.63) is 218 Å². The average Bonchev–Trinajstić information content (AvgIpc) is 4.20. The summed E-state index contributed by atoms with van der Waals surface area (Å²) in [6, 6.07) is 80.9. The molecule has 4 aliphatic rings. The van der Waals surface area contributed by atoms with Gasteiger partial charge in [-0.1, -0.05) is 140 Å². The summed E-state index contributed by atoms with van der Waals surface area (Å²) >= 11 is 0. The second-order valence-corrected chi connectivity index (χ2v) is 20.7. The highest BCUT2D eigenvalue weighted by Gasteiger charge is 2.43. The molecule has 0 aliphatic carbocycles. The molecule has 0 atom stereocenters. The van der Waals surface area contributed by atoms with Crippen LogP contribution in [0.5, 0.6) is 11.5 Å². The maximum Gasteiger partial charge on any atom is 0.256 e. The smallest absolute Gasteiger partial charge is 0.256 e. The van der Waals surface area contributed by atoms with Gasteiger partial charge in [0, 0.05) is 94.1 Å². The molecular formula is C66H36B2N4O2. The number of benzene rings is 11. The highest BCUT2D eigenvalue weighted by Crippen LogP contribution is 2.46. The first-order valence-corrected chi connectivity index (χ1v) is 25.6. The van der Waals surface area contributed by atoms with Crippen molar-refractivity contribution in [3.8, 4) is 28.6 Å². The van der Waals surface area contributed by atoms with Crippen molar-refractivity contribution < 1.29 is 9.15 Å². The van der Waals surface area contributed by atoms with E-state index < -0.39 is 0 Å². The Morgan fingerprint density at radius 1 is 0.311 bits per heavy atom. The van der Waals surface area contributed by atoms with Crippen molar-refractivity contribution in [1.82, 2.24) is 13.7 Å². The van der Waals surface area contributed by atoms with Crippen molar-refractivity contribution in [2.24, 2.45) is 0 Å². The highest BCUT2D eigenvalue weighted by molar-refractivity contribution is 7.01. The number of hydrogen-bond donors (Lipinski definition) is 0. The van der Waals surface area contributed by atoms with Crippen molar-refractivity contribution in [2.45, 2.75) is 0 Å². The van der Waals surface area contributed by atoms with Gasteiger partial charge in [0.2, 0.25) is 0 Å². The lowest BCUT2D eigenvalue weighted by atomic mass is 9.34. The molecule has 0 N–H and O–H groups in total. The van der Waals surface area contributed by atoms with Gasteiger partial charge in [-0.25, -0.2) is 0 Å². The molecule has 11 aromatic carbocycles. The molecule has 74 heavy (non-hydrogen) atoms. The minimum absolute atomic E-state index is 0.0196. The number of ether oxygens (including phenoxy) is 1. The summed E-state index contributed by atoms with van der Waals surface area (Å²) in [6.07, 6.45) is 0. The molecule has 0 unspecified atom stereocenters. The lowest BCUT2D eigenvalue weighted by molar-refractivity contribution is 0.486. The zero-order chi connectivity index (χ0) is 47.7. The van der Waals surface area contributed by atoms with Crippen molar-refractivity contribution in [3.63, 3.8) is 0 Å². The molecule has 338 valence electrons. The van der Waals surface area contributed by atoms with Crippen LogP contribution in [0.4, 0.5) is 17.1 Å². The van der Waals surface area contributed by atoms with Gasteiger partial charge in [-0.15, -0.1) is 0 Å². The van der Waals surface area contributed by atoms with E-state index in [0.717, 1.165) is 56.2 Å². The van der Waals surface area contributed by atoms with E-state index in [9.17, 15) is 0 Å². The van der Waals surface area contributed by atoms with E-state index >= 15 is 0 Å². The van der Waals surface area contributed by atoms with Gasteiger partial charge in [0.1, 0.15) is 22.7 Å². The predicted molar refractivity (Wildman–Crippen MR) is 307 cm³/mol. The third-order valence-corrected chi connectivity index (χ3v) is 17.2. The Bertz CT molecular complexity index is 5040. The summed E-state index contributed by atoms with van der Waals surface area (Å²) in [7, 11) is 0. The fourth-order valence-electron chi connectivity index (χ4n) is 14.4. The molecule has 0 saturated carbocycles. The molecular weight excluding hydrogens is 902 g/mol. The minimum Gasteiger partial charge on any atom is -0.458 e. The predicted octanol–water partition coefficient (Wildman–Crippen LogP) is 12.4. The molecule has 0 spiro atoms. The van der Waals surface area contributed by atoms with Crippen LogP contribution in [0.15, 0.2) is 223 Å². The first-order chi connectivity index (χ1) is 36.7. The third-order valence-electron chi connectivity index (χ3n) is 17.2. The van der Waals surface area contributed by atoms with Gasteiger partial charge in [-0.2, -0.15) is 0 Å². The molecule has 8 heterocycles. The van der Waals surface area contributed by atoms with Crippen LogP contribution >= 0.6 is 0 Å². The van der Waals surface area contributed by atoms with E-state index in [1.807, 2.05) is 6.07 Å². The van der Waals surface area contributed by atoms with Gasteiger partial charge in [0.25, 0.3) is 13.4 Å². The van der Waals surface area contributed by atoms with Crippen LogP contribution < -0.4 is 42.4 Å². The van der Waals surface area contributed by atoms with Crippen LogP contribution in [0, 0.1) is 0 Å². The van der Waals surface area contributed by atoms with E-state index in [1.165, 1.54) is 110 Å². The topological polar surface area (TPSA) is 40.4 Å². The maximum absolute atomic E-state index is 6.95. The fraction of sp³-hybridized carbons (Fsp3) is 0. The first-order valence-electron chi connectivity index (χ1n) is 25.6. The van der Waals surface area contributed by atoms with Crippen LogP contribution in [-0.4, -0.2) is 27.1 Å². The number of rotatable bonds is 3. The van der Waals surface area contributed by atoms with Crippen molar-refractivity contribution >= 4 is 151 Å². The number of fused-ring (bicyclic) bond motifs is 20. The Morgan fingerprint density at radius 3 is 1.53 bits per heavy atom. The monoisotopic (exact) mass is 938 g/mol. The van der Waals surface area contributed by atoms with Gasteiger partial charge in [-0.05, 0) is 106 Å². The molecule has 15 aromatic rings. The molecule has 19 rings (SSSR count). The minimum atomic E-state index is -0.0248. The molecule has 0 amide bonds. The average molecular weight is 939 g/mol. The van der Waals surface area contributed by atoms with Crippen LogP contribution in [0.3, 0.4) is 0 Å². The largest absolute Gasteiger partial charge is 0.458 e. The Hall–Kier alpha value is -9.65. The number of furan rings is 1. The Morgan fingerprint density at radius 2 is 0.851 bits per heavy atom. The van der Waals surface area contributed by atoms with Gasteiger partial charge in [-0.3, -0.25) is 0 Å². The third kappa shape index (κ3) is 4.50. The normalized spacial score (nSPS) is 13.5. The summed E-state index contributed by atoms with van der Waals surface area (Å²) in [4.78, 5) is 2.43. The van der Waals surface area contributed by atoms with Gasteiger partial charge in [0.05, 0.1) is 22.2 Å². The molecule has 0 radical (unpaired) electrons. The second kappa shape index (κ2) is 13.2. The van der Waals surface area contributed by atoms with E-state index in [0.29, 0.717) is 0 Å². The van der Waals surface area contributed by atoms with Crippen molar-refractivity contribution in [1.29, 1.82) is 0 Å². The zero-order valence-corrected chi connectivity index (χ0v) is 39.5. The Balaban J connectivity index is 0.937. The number of hydrogen-bond acceptors (Lipinski definition) is 3. The summed E-state index contributed by atoms with van der Waals surface area (Å²) in [5.74, 6) is 1.74. The standard InChI is InChI=1S/C66H36B2N4O2/c1-3-15-37(16-4-1)69(38-17-5-2-6-18-38)39-31-56-62-57(32-39)72-55-35-54-45(33-46(55)44-23-12-25-49(66(44)72)67(62)48-24-11-21-42-40-19-7-9-27-52(40)70(56)64(42)48)43-22-13-26-50-65(43)71(54)53-28-14-30-59-63(53)68(50)51-34-47-41-20-8-10-29-58(41)73-60(47)36-61(51)74-59/h1-36H. The first kappa shape index (κ1) is 38.1. The Labute approximate surface area is 423 Å². The van der Waals surface area contributed by atoms with Gasteiger partial charge in [0.15, 0.2) is 0 Å². The second-order valence-electron chi connectivity index (χ2n) is 20.7. The molecule has 6 nitrogen and oxygen atoms in total. The van der Waals surface area contributed by atoms with E-state index in [4.69, 9.17) is 9.15 Å². The SMILES string of the molecule is c1ccc(N(c2ccccc2)c2cc3c4c(c2)-n2c5cc6c(cc5c5cccc(c52)B4c2cccc4c5ccccc5n-3c24)c2cccc3c2n6-c2cccc4c2B3c2cc3c(cc2O4)oc2ccccc23)cc1. The molecule has 0 saturated heterocycles. The lowest BCUT2D eigenvalue weighted by Crippen LogP contribution is -2.59. The van der Waals surface area contributed by atoms with E-state index in [2.05, 4.69) is 231 Å². The van der Waals surface area contributed by atoms with Gasteiger partial charge < -0.3 is 27.8 Å². The van der Waals surface area contributed by atoms with Crippen LogP contribution in [0.2, 0.25) is 0 Å². The van der Waals surface area contributed by atoms with E-state index in [-0.39, 0.29) is 13.4 Å². The van der Waals surface area contributed by atoms with E-state index in [1.54, 1.807) is 0 Å². The molecule has 0 fully saturated rings. The fourth-order valence-corrected chi connectivity index (χ4v) is 14.4. The summed E-state index contributed by atoms with van der Waals surface area (Å²) in [5, 5.41) is 9.80. The quantitative estimate of drug-likeness (QED) is 0.166. The lowest BCUT2D eigenvalue weighted by Gasteiger charge is -2.35. The van der Waals surface area contributed by atoms with Crippen LogP contribution in [0.1, 0.15) is 0 Å². The number of nitrogens with zero attached hydrogens (tertiary/aromatic N) is 4. The maximum atomic E-state index is 6.95. The van der Waals surface area contributed by atoms with Crippen molar-refractivity contribution in [2.75, 3.05) is 4.90 Å². The summed E-state index contributed by atoms with van der Waals surface area (Å²) in [6.45, 7) is -0.00522. The molecule has 0 bridgehead atoms. The number of aromatic nitrogens is 3. The van der Waals surface area contributed by atoms with Crippen LogP contribution in [-0.2, 0) is 0 Å². The Kier molecular flexibility index (Phi) is 6.82. The molecule has 8 heteroatoms.